The number of aromatic nitrogens is 3. The van der Waals surface area contributed by atoms with E-state index in [0.29, 0.717) is 23.2 Å². The zero-order valence-corrected chi connectivity index (χ0v) is 14.4. The second-order valence-electron chi connectivity index (χ2n) is 6.54. The number of carbonyl (C=O) groups excluding carboxylic acids is 1. The zero-order valence-electron chi connectivity index (χ0n) is 14.4. The number of hydrogen-bond donors (Lipinski definition) is 0. The lowest BCUT2D eigenvalue weighted by atomic mass is 10.1. The van der Waals surface area contributed by atoms with E-state index in [0.717, 1.165) is 25.3 Å². The van der Waals surface area contributed by atoms with Gasteiger partial charge in [0.2, 0.25) is 0 Å². The Morgan fingerprint density at radius 2 is 1.74 bits per heavy atom. The SMILES string of the molecule is O=C(c1cnn2c(C(F)(F)F)cc(-c3ccccc3)nc12)N1CCCCC1. The first-order valence-corrected chi connectivity index (χ1v) is 8.76. The molecule has 0 unspecified atom stereocenters. The van der Waals surface area contributed by atoms with Gasteiger partial charge in [0.25, 0.3) is 5.91 Å². The van der Waals surface area contributed by atoms with Crippen LogP contribution in [0.2, 0.25) is 0 Å². The summed E-state index contributed by atoms with van der Waals surface area (Å²) in [5.74, 6) is -0.324. The van der Waals surface area contributed by atoms with E-state index in [1.54, 1.807) is 35.2 Å². The normalized spacial score (nSPS) is 15.3. The highest BCUT2D eigenvalue weighted by Crippen LogP contribution is 2.33. The van der Waals surface area contributed by atoms with Gasteiger partial charge < -0.3 is 4.90 Å². The summed E-state index contributed by atoms with van der Waals surface area (Å²) in [7, 11) is 0. The Morgan fingerprint density at radius 3 is 2.41 bits per heavy atom. The Balaban J connectivity index is 1.88. The van der Waals surface area contributed by atoms with Crippen molar-refractivity contribution in [3.63, 3.8) is 0 Å². The summed E-state index contributed by atoms with van der Waals surface area (Å²) in [6.45, 7) is 1.20. The third-order valence-corrected chi connectivity index (χ3v) is 4.71. The molecule has 1 aliphatic heterocycles. The maximum absolute atomic E-state index is 13.6. The molecule has 1 aromatic carbocycles. The highest BCUT2D eigenvalue weighted by atomic mass is 19.4. The first-order chi connectivity index (χ1) is 12.9. The average Bonchev–Trinajstić information content (AvgIpc) is 3.11. The van der Waals surface area contributed by atoms with Crippen molar-refractivity contribution in [3.05, 3.63) is 53.9 Å². The maximum Gasteiger partial charge on any atom is 0.433 e. The van der Waals surface area contributed by atoms with Gasteiger partial charge >= 0.3 is 6.18 Å². The number of likely N-dealkylation sites (tertiary alicyclic amines) is 1. The van der Waals surface area contributed by atoms with Gasteiger partial charge in [0.05, 0.1) is 11.9 Å². The van der Waals surface area contributed by atoms with Gasteiger partial charge in [-0.2, -0.15) is 18.3 Å². The molecular weight excluding hydrogens is 357 g/mol. The molecule has 1 saturated heterocycles. The van der Waals surface area contributed by atoms with E-state index < -0.39 is 11.9 Å². The number of carbonyl (C=O) groups is 1. The minimum Gasteiger partial charge on any atom is -0.338 e. The lowest BCUT2D eigenvalue weighted by Gasteiger charge is -2.26. The number of halogens is 3. The van der Waals surface area contributed by atoms with E-state index in [-0.39, 0.29) is 22.8 Å². The van der Waals surface area contributed by atoms with Crippen LogP contribution in [0.15, 0.2) is 42.6 Å². The number of hydrogen-bond acceptors (Lipinski definition) is 3. The monoisotopic (exact) mass is 374 g/mol. The summed E-state index contributed by atoms with van der Waals surface area (Å²) < 4.78 is 41.5. The fourth-order valence-corrected chi connectivity index (χ4v) is 3.34. The number of nitrogens with zero attached hydrogens (tertiary/aromatic N) is 4. The number of fused-ring (bicyclic) bond motifs is 1. The highest BCUT2D eigenvalue weighted by molar-refractivity contribution is 6.00. The molecule has 0 spiro atoms. The van der Waals surface area contributed by atoms with Gasteiger partial charge in [0, 0.05) is 18.7 Å². The number of benzene rings is 1. The maximum atomic E-state index is 13.6. The van der Waals surface area contributed by atoms with E-state index in [4.69, 9.17) is 0 Å². The molecule has 3 aromatic rings. The molecule has 5 nitrogen and oxygen atoms in total. The Labute approximate surface area is 153 Å². The van der Waals surface area contributed by atoms with Crippen LogP contribution in [0.5, 0.6) is 0 Å². The molecule has 0 aliphatic carbocycles. The van der Waals surface area contributed by atoms with Crippen LogP contribution in [-0.2, 0) is 6.18 Å². The van der Waals surface area contributed by atoms with Gasteiger partial charge in [0.15, 0.2) is 11.3 Å². The summed E-state index contributed by atoms with van der Waals surface area (Å²) in [6.07, 6.45) is -0.610. The first kappa shape index (κ1) is 17.5. The largest absolute Gasteiger partial charge is 0.433 e. The Kier molecular flexibility index (Phi) is 4.33. The molecule has 0 bridgehead atoms. The molecule has 0 saturated carbocycles. The van der Waals surface area contributed by atoms with Gasteiger partial charge in [-0.25, -0.2) is 9.50 Å². The zero-order chi connectivity index (χ0) is 19.0. The van der Waals surface area contributed by atoms with Crippen LogP contribution < -0.4 is 0 Å². The fourth-order valence-electron chi connectivity index (χ4n) is 3.34. The molecule has 4 rings (SSSR count). The van der Waals surface area contributed by atoms with Gasteiger partial charge in [-0.05, 0) is 25.3 Å². The summed E-state index contributed by atoms with van der Waals surface area (Å²) in [5, 5.41) is 3.82. The van der Waals surface area contributed by atoms with Gasteiger partial charge in [-0.15, -0.1) is 0 Å². The second kappa shape index (κ2) is 6.68. The van der Waals surface area contributed by atoms with Crippen LogP contribution in [0.4, 0.5) is 13.2 Å². The Morgan fingerprint density at radius 1 is 1.04 bits per heavy atom. The molecule has 8 heteroatoms. The average molecular weight is 374 g/mol. The number of alkyl halides is 3. The van der Waals surface area contributed by atoms with Crippen LogP contribution in [0.25, 0.3) is 16.9 Å². The fraction of sp³-hybridized carbons (Fsp3) is 0.316. The van der Waals surface area contributed by atoms with Gasteiger partial charge in [-0.1, -0.05) is 30.3 Å². The van der Waals surface area contributed by atoms with E-state index in [1.165, 1.54) is 6.20 Å². The third kappa shape index (κ3) is 3.27. The van der Waals surface area contributed by atoms with Crippen molar-refractivity contribution in [2.75, 3.05) is 13.1 Å². The molecule has 0 radical (unpaired) electrons. The molecule has 3 heterocycles. The molecule has 0 N–H and O–H groups in total. The minimum atomic E-state index is -4.62. The van der Waals surface area contributed by atoms with Crippen molar-refractivity contribution in [1.82, 2.24) is 19.5 Å². The number of rotatable bonds is 2. The quantitative estimate of drug-likeness (QED) is 0.680. The van der Waals surface area contributed by atoms with Crippen LogP contribution in [0.1, 0.15) is 35.3 Å². The first-order valence-electron chi connectivity index (χ1n) is 8.76. The molecule has 0 atom stereocenters. The summed E-state index contributed by atoms with van der Waals surface area (Å²) in [4.78, 5) is 18.8. The molecule has 1 aliphatic rings. The number of piperidine rings is 1. The minimum absolute atomic E-state index is 0.0701. The highest BCUT2D eigenvalue weighted by Gasteiger charge is 2.36. The van der Waals surface area contributed by atoms with Crippen LogP contribution >= 0.6 is 0 Å². The van der Waals surface area contributed by atoms with E-state index in [9.17, 15) is 18.0 Å². The van der Waals surface area contributed by atoms with E-state index in [1.807, 2.05) is 0 Å². The lowest BCUT2D eigenvalue weighted by Crippen LogP contribution is -2.35. The lowest BCUT2D eigenvalue weighted by molar-refractivity contribution is -0.142. The van der Waals surface area contributed by atoms with E-state index >= 15 is 0 Å². The van der Waals surface area contributed by atoms with Crippen molar-refractivity contribution in [2.24, 2.45) is 0 Å². The smallest absolute Gasteiger partial charge is 0.338 e. The van der Waals surface area contributed by atoms with Gasteiger partial charge in [-0.3, -0.25) is 4.79 Å². The molecule has 1 amide bonds. The predicted molar refractivity (Wildman–Crippen MR) is 93.2 cm³/mol. The van der Waals surface area contributed by atoms with Crippen LogP contribution in [0, 0.1) is 0 Å². The molecule has 140 valence electrons. The van der Waals surface area contributed by atoms with Crippen molar-refractivity contribution < 1.29 is 18.0 Å². The molecular formula is C19H17F3N4O. The number of amides is 1. The third-order valence-electron chi connectivity index (χ3n) is 4.71. The van der Waals surface area contributed by atoms with Crippen molar-refractivity contribution in [1.29, 1.82) is 0 Å². The van der Waals surface area contributed by atoms with Crippen LogP contribution in [0.3, 0.4) is 0 Å². The van der Waals surface area contributed by atoms with Crippen molar-refractivity contribution in [3.8, 4) is 11.3 Å². The van der Waals surface area contributed by atoms with Crippen LogP contribution in [-0.4, -0.2) is 38.5 Å². The topological polar surface area (TPSA) is 50.5 Å². The summed E-state index contributed by atoms with van der Waals surface area (Å²) in [6, 6.07) is 9.56. The molecule has 1 fully saturated rings. The second-order valence-corrected chi connectivity index (χ2v) is 6.54. The van der Waals surface area contributed by atoms with Crippen molar-refractivity contribution in [2.45, 2.75) is 25.4 Å². The van der Waals surface area contributed by atoms with Crippen molar-refractivity contribution >= 4 is 11.6 Å². The Hall–Kier alpha value is -2.90. The summed E-state index contributed by atoms with van der Waals surface area (Å²) in [5.41, 5.74) is -0.227. The molecule has 27 heavy (non-hydrogen) atoms. The standard InChI is InChI=1S/C19H17F3N4O/c20-19(21,22)16-11-15(13-7-3-1-4-8-13)24-17-14(12-23-26(16)17)18(27)25-9-5-2-6-10-25/h1,3-4,7-8,11-12H,2,5-6,9-10H2. The summed E-state index contributed by atoms with van der Waals surface area (Å²) >= 11 is 0. The molecule has 2 aromatic heterocycles. The predicted octanol–water partition coefficient (Wildman–Crippen LogP) is 4.04. The van der Waals surface area contributed by atoms with Gasteiger partial charge in [0.1, 0.15) is 5.56 Å². The Bertz CT molecular complexity index is 976. The van der Waals surface area contributed by atoms with E-state index in [2.05, 4.69) is 10.1 Å².